The van der Waals surface area contributed by atoms with E-state index < -0.39 is 0 Å². The van der Waals surface area contributed by atoms with Gasteiger partial charge in [0.05, 0.1) is 28.1 Å². The largest absolute Gasteiger partial charge is 0.497 e. The fourth-order valence-corrected chi connectivity index (χ4v) is 5.83. The van der Waals surface area contributed by atoms with E-state index in [1.54, 1.807) is 25.3 Å². The zero-order valence-corrected chi connectivity index (χ0v) is 23.4. The highest BCUT2D eigenvalue weighted by Gasteiger charge is 2.39. The van der Waals surface area contributed by atoms with Gasteiger partial charge in [0.2, 0.25) is 5.91 Å². The van der Waals surface area contributed by atoms with Crippen LogP contribution in [0.15, 0.2) is 66.7 Å². The van der Waals surface area contributed by atoms with Gasteiger partial charge in [0.25, 0.3) is 5.91 Å². The van der Waals surface area contributed by atoms with Crippen molar-refractivity contribution in [1.29, 1.82) is 0 Å². The molecule has 0 aromatic heterocycles. The molecule has 1 fully saturated rings. The molecule has 38 heavy (non-hydrogen) atoms. The van der Waals surface area contributed by atoms with Gasteiger partial charge in [0, 0.05) is 11.7 Å². The molecule has 5 nitrogen and oxygen atoms in total. The van der Waals surface area contributed by atoms with Crippen LogP contribution in [-0.4, -0.2) is 25.0 Å². The van der Waals surface area contributed by atoms with Crippen molar-refractivity contribution in [3.8, 4) is 5.75 Å². The van der Waals surface area contributed by atoms with Gasteiger partial charge in [-0.15, -0.1) is 0 Å². The summed E-state index contributed by atoms with van der Waals surface area (Å²) in [6.07, 6.45) is 6.56. The minimum Gasteiger partial charge on any atom is -0.497 e. The molecule has 1 aliphatic carbocycles. The van der Waals surface area contributed by atoms with Crippen molar-refractivity contribution in [3.05, 3.63) is 93.5 Å². The molecule has 1 atom stereocenters. The topological polar surface area (TPSA) is 67.4 Å². The van der Waals surface area contributed by atoms with Crippen LogP contribution < -0.4 is 15.4 Å². The van der Waals surface area contributed by atoms with Gasteiger partial charge in [0.1, 0.15) is 5.75 Å². The Bertz CT molecular complexity index is 1230. The van der Waals surface area contributed by atoms with E-state index >= 15 is 0 Å². The molecule has 3 aromatic carbocycles. The quantitative estimate of drug-likeness (QED) is 0.289. The van der Waals surface area contributed by atoms with Crippen LogP contribution in [0.4, 0.5) is 5.69 Å². The van der Waals surface area contributed by atoms with Crippen molar-refractivity contribution in [2.75, 3.05) is 12.4 Å². The first-order chi connectivity index (χ1) is 18.3. The number of carbonyl (C=O) groups excluding carboxylic acids is 2. The number of ether oxygens (including phenoxy) is 1. The lowest BCUT2D eigenvalue weighted by molar-refractivity contribution is -0.133. The minimum absolute atomic E-state index is 0.0282. The van der Waals surface area contributed by atoms with E-state index in [4.69, 9.17) is 27.9 Å². The second-order valence-electron chi connectivity index (χ2n) is 10.2. The van der Waals surface area contributed by atoms with Crippen molar-refractivity contribution in [2.45, 2.75) is 57.9 Å². The molecule has 200 valence electrons. The Morgan fingerprint density at radius 2 is 1.50 bits per heavy atom. The van der Waals surface area contributed by atoms with E-state index in [0.717, 1.165) is 49.0 Å². The summed E-state index contributed by atoms with van der Waals surface area (Å²) in [5.74, 6) is 0.604. The van der Waals surface area contributed by atoms with Gasteiger partial charge >= 0.3 is 0 Å². The van der Waals surface area contributed by atoms with Crippen LogP contribution in [0.1, 0.15) is 60.5 Å². The molecule has 0 aliphatic heterocycles. The first kappa shape index (κ1) is 28.0. The van der Waals surface area contributed by atoms with Crippen LogP contribution >= 0.6 is 23.2 Å². The maximum Gasteiger partial charge on any atom is 0.258 e. The zero-order valence-electron chi connectivity index (χ0n) is 21.9. The van der Waals surface area contributed by atoms with Gasteiger partial charge in [-0.2, -0.15) is 0 Å². The lowest BCUT2D eigenvalue weighted by Gasteiger charge is -2.37. The molecule has 7 heteroatoms. The number of anilines is 1. The van der Waals surface area contributed by atoms with Crippen molar-refractivity contribution in [3.63, 3.8) is 0 Å². The highest BCUT2D eigenvalue weighted by atomic mass is 35.5. The van der Waals surface area contributed by atoms with Gasteiger partial charge in [-0.1, -0.05) is 72.8 Å². The summed E-state index contributed by atoms with van der Waals surface area (Å²) < 4.78 is 5.29. The highest BCUT2D eigenvalue weighted by molar-refractivity contribution is 6.40. The fraction of sp³-hybridized carbons (Fsp3) is 0.355. The maximum absolute atomic E-state index is 13.6. The lowest BCUT2D eigenvalue weighted by atomic mass is 9.69. The first-order valence-electron chi connectivity index (χ1n) is 13.1. The van der Waals surface area contributed by atoms with Gasteiger partial charge < -0.3 is 15.4 Å². The molecule has 1 aliphatic rings. The molecular weight excluding hydrogens is 519 g/mol. The second-order valence-corrected chi connectivity index (χ2v) is 11.0. The van der Waals surface area contributed by atoms with Crippen LogP contribution in [0.25, 0.3) is 0 Å². The number of rotatable bonds is 9. The van der Waals surface area contributed by atoms with Crippen molar-refractivity contribution in [2.24, 2.45) is 5.41 Å². The normalized spacial score (nSPS) is 15.4. The van der Waals surface area contributed by atoms with Gasteiger partial charge in [-0.05, 0) is 80.1 Å². The Hall–Kier alpha value is -3.02. The summed E-state index contributed by atoms with van der Waals surface area (Å²) in [7, 11) is 1.66. The molecule has 4 rings (SSSR count). The Morgan fingerprint density at radius 3 is 2.11 bits per heavy atom. The van der Waals surface area contributed by atoms with Crippen LogP contribution in [-0.2, 0) is 17.6 Å². The summed E-state index contributed by atoms with van der Waals surface area (Å²) in [5, 5.41) is 6.75. The third kappa shape index (κ3) is 6.89. The third-order valence-electron chi connectivity index (χ3n) is 7.31. The SMILES string of the molecule is COc1ccc(CC2(C(=O)NC(C)Cc3ccc(NC(=O)c4c(Cl)cccc4Cl)cc3)CCCCC2)cc1. The number of halogens is 2. The maximum atomic E-state index is 13.6. The predicted molar refractivity (Wildman–Crippen MR) is 154 cm³/mol. The summed E-state index contributed by atoms with van der Waals surface area (Å²) in [6, 6.07) is 20.6. The molecule has 1 unspecified atom stereocenters. The summed E-state index contributed by atoms with van der Waals surface area (Å²) >= 11 is 12.3. The average molecular weight is 554 g/mol. The van der Waals surface area contributed by atoms with E-state index in [-0.39, 0.29) is 28.8 Å². The molecular formula is C31H34Cl2N2O3. The van der Waals surface area contributed by atoms with Crippen LogP contribution in [0, 0.1) is 5.41 Å². The van der Waals surface area contributed by atoms with Gasteiger partial charge in [-0.3, -0.25) is 9.59 Å². The van der Waals surface area contributed by atoms with Crippen molar-refractivity contribution < 1.29 is 14.3 Å². The molecule has 0 saturated heterocycles. The average Bonchev–Trinajstić information content (AvgIpc) is 2.90. The number of amides is 2. The Balaban J connectivity index is 1.37. The zero-order chi connectivity index (χ0) is 27.1. The van der Waals surface area contributed by atoms with Crippen LogP contribution in [0.5, 0.6) is 5.75 Å². The predicted octanol–water partition coefficient (Wildman–Crippen LogP) is 7.49. The minimum atomic E-state index is -0.380. The molecule has 0 bridgehead atoms. The monoisotopic (exact) mass is 552 g/mol. The lowest BCUT2D eigenvalue weighted by Crippen LogP contribution is -2.47. The number of benzene rings is 3. The van der Waals surface area contributed by atoms with Crippen molar-refractivity contribution in [1.82, 2.24) is 5.32 Å². The third-order valence-corrected chi connectivity index (χ3v) is 7.94. The molecule has 1 saturated carbocycles. The second kappa shape index (κ2) is 12.7. The van der Waals surface area contributed by atoms with E-state index in [9.17, 15) is 9.59 Å². The van der Waals surface area contributed by atoms with Gasteiger partial charge in [0.15, 0.2) is 0 Å². The summed E-state index contributed by atoms with van der Waals surface area (Å²) in [5.41, 5.74) is 2.75. The van der Waals surface area contributed by atoms with Crippen molar-refractivity contribution >= 4 is 40.7 Å². The standard InChI is InChI=1S/C31H34Cl2N2O3/c1-21(19-22-9-13-24(14-10-22)35-29(36)28-26(32)7-6-8-27(28)33)34-30(37)31(17-4-3-5-18-31)20-23-11-15-25(38-2)16-12-23/h6-16,21H,3-5,17-20H2,1-2H3,(H,34,37)(H,35,36). The summed E-state index contributed by atoms with van der Waals surface area (Å²) in [6.45, 7) is 2.04. The molecule has 2 amide bonds. The number of nitrogens with one attached hydrogen (secondary N) is 2. The molecule has 0 heterocycles. The van der Waals surface area contributed by atoms with Crippen LogP contribution in [0.2, 0.25) is 10.0 Å². The number of carbonyl (C=O) groups is 2. The molecule has 0 spiro atoms. The Morgan fingerprint density at radius 1 is 0.895 bits per heavy atom. The number of hydrogen-bond acceptors (Lipinski definition) is 3. The van der Waals surface area contributed by atoms with E-state index in [1.807, 2.05) is 43.3 Å². The molecule has 0 radical (unpaired) electrons. The fourth-order valence-electron chi connectivity index (χ4n) is 5.26. The van der Waals surface area contributed by atoms with Crippen LogP contribution in [0.3, 0.4) is 0 Å². The first-order valence-corrected chi connectivity index (χ1v) is 13.8. The smallest absolute Gasteiger partial charge is 0.258 e. The number of hydrogen-bond donors (Lipinski definition) is 2. The van der Waals surface area contributed by atoms with E-state index in [2.05, 4.69) is 22.8 Å². The Kier molecular flexibility index (Phi) is 9.35. The number of methoxy groups -OCH3 is 1. The van der Waals surface area contributed by atoms with Gasteiger partial charge in [-0.25, -0.2) is 0 Å². The summed E-state index contributed by atoms with van der Waals surface area (Å²) in [4.78, 5) is 26.3. The highest BCUT2D eigenvalue weighted by Crippen LogP contribution is 2.40. The van der Waals surface area contributed by atoms with E-state index in [1.165, 1.54) is 6.42 Å². The molecule has 2 N–H and O–H groups in total. The Labute approximate surface area is 234 Å². The van der Waals surface area contributed by atoms with E-state index in [0.29, 0.717) is 22.2 Å². The molecule has 3 aromatic rings.